The molecule has 2 N–H and O–H groups in total. The Bertz CT molecular complexity index is 603. The van der Waals surface area contributed by atoms with Crippen molar-refractivity contribution in [2.45, 2.75) is 37.6 Å². The lowest BCUT2D eigenvalue weighted by atomic mass is 9.86. The largest absolute Gasteiger partial charge is 0.313 e. The average Bonchev–Trinajstić information content (AvgIpc) is 2.37. The predicted molar refractivity (Wildman–Crippen MR) is 84.0 cm³/mol. The van der Waals surface area contributed by atoms with Crippen molar-refractivity contribution >= 4 is 26.0 Å². The Hall–Kier alpha value is -0.500. The number of benzene rings is 1. The summed E-state index contributed by atoms with van der Waals surface area (Å²) in [5, 5.41) is 3.00. The van der Waals surface area contributed by atoms with Gasteiger partial charge in [0.1, 0.15) is 10.7 Å². The molecule has 118 valence electrons. The summed E-state index contributed by atoms with van der Waals surface area (Å²) in [7, 11) is -3.82. The van der Waals surface area contributed by atoms with E-state index in [0.717, 1.165) is 19.3 Å². The predicted octanol–water partition coefficient (Wildman–Crippen LogP) is 2.78. The highest BCUT2D eigenvalue weighted by Crippen LogP contribution is 2.27. The molecule has 0 bridgehead atoms. The van der Waals surface area contributed by atoms with Crippen molar-refractivity contribution in [2.75, 3.05) is 13.1 Å². The molecule has 1 saturated carbocycles. The third kappa shape index (κ3) is 4.25. The van der Waals surface area contributed by atoms with Gasteiger partial charge in [-0.05, 0) is 37.4 Å². The van der Waals surface area contributed by atoms with Crippen LogP contribution in [0.1, 0.15) is 31.7 Å². The van der Waals surface area contributed by atoms with Crippen molar-refractivity contribution in [3.63, 3.8) is 0 Å². The van der Waals surface area contributed by atoms with E-state index in [1.807, 2.05) is 6.92 Å². The highest BCUT2D eigenvalue weighted by atomic mass is 79.9. The van der Waals surface area contributed by atoms with Gasteiger partial charge < -0.3 is 5.32 Å². The molecule has 4 nitrogen and oxygen atoms in total. The van der Waals surface area contributed by atoms with Crippen LogP contribution in [0, 0.1) is 11.7 Å². The van der Waals surface area contributed by atoms with E-state index in [0.29, 0.717) is 35.6 Å². The van der Waals surface area contributed by atoms with Crippen LogP contribution in [0.3, 0.4) is 0 Å². The van der Waals surface area contributed by atoms with E-state index in [9.17, 15) is 12.8 Å². The maximum absolute atomic E-state index is 14.4. The van der Waals surface area contributed by atoms with Crippen LogP contribution >= 0.6 is 15.9 Å². The van der Waals surface area contributed by atoms with Gasteiger partial charge in [-0.25, -0.2) is 17.5 Å². The molecule has 1 aliphatic carbocycles. The van der Waals surface area contributed by atoms with E-state index in [2.05, 4.69) is 26.0 Å². The Morgan fingerprint density at radius 1 is 1.38 bits per heavy atom. The third-order valence-corrected chi connectivity index (χ3v) is 5.60. The third-order valence-electron chi connectivity index (χ3n) is 3.72. The fraction of sp³-hybridized carbons (Fsp3) is 0.571. The minimum absolute atomic E-state index is 0.288. The highest BCUT2D eigenvalue weighted by molar-refractivity contribution is 9.10. The minimum atomic E-state index is -3.82. The normalized spacial score (nSPS) is 16.0. The molecule has 0 aromatic heterocycles. The number of halogens is 2. The molecule has 0 amide bonds. The number of hydrogen-bond donors (Lipinski definition) is 2. The maximum Gasteiger partial charge on any atom is 0.243 e. The fourth-order valence-electron chi connectivity index (χ4n) is 2.20. The first-order chi connectivity index (χ1) is 9.94. The van der Waals surface area contributed by atoms with Gasteiger partial charge in [0.25, 0.3) is 0 Å². The second kappa shape index (κ2) is 7.17. The second-order valence-corrected chi connectivity index (χ2v) is 7.96. The van der Waals surface area contributed by atoms with Gasteiger partial charge >= 0.3 is 0 Å². The van der Waals surface area contributed by atoms with E-state index in [4.69, 9.17) is 0 Å². The Balaban J connectivity index is 2.21. The van der Waals surface area contributed by atoms with Gasteiger partial charge in [-0.2, -0.15) is 0 Å². The topological polar surface area (TPSA) is 58.2 Å². The molecule has 21 heavy (non-hydrogen) atoms. The van der Waals surface area contributed by atoms with Gasteiger partial charge in [-0.3, -0.25) is 0 Å². The van der Waals surface area contributed by atoms with Crippen molar-refractivity contribution in [1.29, 1.82) is 0 Å². The molecule has 1 fully saturated rings. The molecule has 0 radical (unpaired) electrons. The Morgan fingerprint density at radius 2 is 2.10 bits per heavy atom. The van der Waals surface area contributed by atoms with E-state index < -0.39 is 15.8 Å². The zero-order valence-corrected chi connectivity index (χ0v) is 14.4. The molecule has 0 heterocycles. The Morgan fingerprint density at radius 3 is 2.67 bits per heavy atom. The summed E-state index contributed by atoms with van der Waals surface area (Å²) in [6.45, 7) is 3.28. The molecular weight excluding hydrogens is 359 g/mol. The van der Waals surface area contributed by atoms with Crippen molar-refractivity contribution in [3.8, 4) is 0 Å². The van der Waals surface area contributed by atoms with Crippen LogP contribution in [0.15, 0.2) is 21.5 Å². The lowest BCUT2D eigenvalue weighted by molar-refractivity contribution is 0.316. The lowest BCUT2D eigenvalue weighted by Crippen LogP contribution is -2.33. The smallest absolute Gasteiger partial charge is 0.243 e. The van der Waals surface area contributed by atoms with Crippen molar-refractivity contribution in [3.05, 3.63) is 28.0 Å². The van der Waals surface area contributed by atoms with Gasteiger partial charge in [0.15, 0.2) is 0 Å². The molecule has 0 atom stereocenters. The summed E-state index contributed by atoms with van der Waals surface area (Å²) in [5.41, 5.74) is 0.343. The molecule has 1 aromatic rings. The molecule has 7 heteroatoms. The van der Waals surface area contributed by atoms with Gasteiger partial charge in [-0.1, -0.05) is 29.3 Å². The second-order valence-electron chi connectivity index (χ2n) is 5.31. The van der Waals surface area contributed by atoms with Crippen LogP contribution < -0.4 is 10.0 Å². The SMILES string of the molecule is CCNCc1cc(Br)cc(S(=O)(=O)NCC2CCC2)c1F. The number of hydrogen-bond acceptors (Lipinski definition) is 3. The van der Waals surface area contributed by atoms with Gasteiger partial charge in [0.05, 0.1) is 0 Å². The van der Waals surface area contributed by atoms with Crippen LogP contribution in [0.2, 0.25) is 0 Å². The molecule has 1 aliphatic rings. The molecule has 1 aromatic carbocycles. The maximum atomic E-state index is 14.4. The standard InChI is InChI=1S/C14H20BrFN2O2S/c1-2-17-9-11-6-12(15)7-13(14(11)16)21(19,20)18-8-10-4-3-5-10/h6-7,10,17-18H,2-5,8-9H2,1H3. The van der Waals surface area contributed by atoms with Crippen LogP contribution in [-0.2, 0) is 16.6 Å². The Labute approximate surface area is 133 Å². The Kier molecular flexibility index (Phi) is 5.76. The first kappa shape index (κ1) is 16.9. The molecule has 0 aliphatic heterocycles. The van der Waals surface area contributed by atoms with Crippen LogP contribution in [-0.4, -0.2) is 21.5 Å². The monoisotopic (exact) mass is 378 g/mol. The number of rotatable bonds is 7. The molecule has 0 saturated heterocycles. The van der Waals surface area contributed by atoms with E-state index in [-0.39, 0.29) is 4.90 Å². The zero-order chi connectivity index (χ0) is 15.5. The summed E-state index contributed by atoms with van der Waals surface area (Å²) in [6, 6.07) is 2.91. The molecule has 0 unspecified atom stereocenters. The van der Waals surface area contributed by atoms with E-state index in [1.165, 1.54) is 6.07 Å². The summed E-state index contributed by atoms with van der Waals surface area (Å²) in [5.74, 6) is -0.295. The van der Waals surface area contributed by atoms with Crippen LogP contribution in [0.25, 0.3) is 0 Å². The van der Waals surface area contributed by atoms with Crippen LogP contribution in [0.5, 0.6) is 0 Å². The van der Waals surface area contributed by atoms with Crippen LogP contribution in [0.4, 0.5) is 4.39 Å². The highest BCUT2D eigenvalue weighted by Gasteiger charge is 2.25. The minimum Gasteiger partial charge on any atom is -0.313 e. The molecular formula is C14H20BrFN2O2S. The summed E-state index contributed by atoms with van der Waals surface area (Å²) >= 11 is 3.25. The van der Waals surface area contributed by atoms with Crippen molar-refractivity contribution in [1.82, 2.24) is 10.0 Å². The summed E-state index contributed by atoms with van der Waals surface area (Å²) < 4.78 is 42.1. The number of nitrogens with one attached hydrogen (secondary N) is 2. The first-order valence-electron chi connectivity index (χ1n) is 7.12. The van der Waals surface area contributed by atoms with Gasteiger partial charge in [0.2, 0.25) is 10.0 Å². The first-order valence-corrected chi connectivity index (χ1v) is 9.40. The lowest BCUT2D eigenvalue weighted by Gasteiger charge is -2.25. The average molecular weight is 379 g/mol. The summed E-state index contributed by atoms with van der Waals surface area (Å²) in [4.78, 5) is -0.288. The fourth-order valence-corrected chi connectivity index (χ4v) is 4.12. The van der Waals surface area contributed by atoms with Crippen molar-refractivity contribution in [2.24, 2.45) is 5.92 Å². The zero-order valence-electron chi connectivity index (χ0n) is 12.0. The van der Waals surface area contributed by atoms with Crippen molar-refractivity contribution < 1.29 is 12.8 Å². The quantitative estimate of drug-likeness (QED) is 0.766. The van der Waals surface area contributed by atoms with Gasteiger partial charge in [0, 0.05) is 23.1 Å². The molecule has 0 spiro atoms. The summed E-state index contributed by atoms with van der Waals surface area (Å²) in [6.07, 6.45) is 3.22. The van der Waals surface area contributed by atoms with E-state index in [1.54, 1.807) is 6.07 Å². The van der Waals surface area contributed by atoms with Gasteiger partial charge in [-0.15, -0.1) is 0 Å². The molecule has 2 rings (SSSR count). The number of sulfonamides is 1. The van der Waals surface area contributed by atoms with E-state index >= 15 is 0 Å².